The Morgan fingerprint density at radius 2 is 2.05 bits per heavy atom. The van der Waals surface area contributed by atoms with Crippen molar-refractivity contribution in [2.45, 2.75) is 40.3 Å². The van der Waals surface area contributed by atoms with Gasteiger partial charge in [-0.15, -0.1) is 0 Å². The molecule has 114 valence electrons. The molecule has 2 aromatic heterocycles. The summed E-state index contributed by atoms with van der Waals surface area (Å²) in [4.78, 5) is 4.57. The molecule has 0 spiro atoms. The van der Waals surface area contributed by atoms with Gasteiger partial charge in [0.15, 0.2) is 0 Å². The first kappa shape index (κ1) is 15.5. The molecule has 0 aliphatic rings. The lowest BCUT2D eigenvalue weighted by Gasteiger charge is -2.12. The van der Waals surface area contributed by atoms with Crippen LogP contribution in [0.25, 0.3) is 0 Å². The summed E-state index contributed by atoms with van der Waals surface area (Å²) in [6.07, 6.45) is 1.11. The van der Waals surface area contributed by atoms with Gasteiger partial charge >= 0.3 is 0 Å². The van der Waals surface area contributed by atoms with Crippen molar-refractivity contribution in [3.8, 4) is 5.75 Å². The van der Waals surface area contributed by atoms with Crippen LogP contribution in [0.4, 0.5) is 0 Å². The number of hydrogen-bond acceptors (Lipinski definition) is 4. The molecule has 0 unspecified atom stereocenters. The monoisotopic (exact) mass is 288 g/mol. The van der Waals surface area contributed by atoms with Crippen LogP contribution in [0.3, 0.4) is 0 Å². The summed E-state index contributed by atoms with van der Waals surface area (Å²) >= 11 is 0. The minimum Gasteiger partial charge on any atom is -0.485 e. The van der Waals surface area contributed by atoms with Crippen LogP contribution < -0.4 is 10.1 Å². The van der Waals surface area contributed by atoms with Crippen molar-refractivity contribution in [2.24, 2.45) is 7.05 Å². The van der Waals surface area contributed by atoms with Gasteiger partial charge in [0.1, 0.15) is 12.4 Å². The van der Waals surface area contributed by atoms with Crippen molar-refractivity contribution >= 4 is 0 Å². The van der Waals surface area contributed by atoms with Crippen LogP contribution in [-0.2, 0) is 20.2 Å². The van der Waals surface area contributed by atoms with E-state index in [0.29, 0.717) is 6.61 Å². The van der Waals surface area contributed by atoms with E-state index in [-0.39, 0.29) is 0 Å². The van der Waals surface area contributed by atoms with Crippen molar-refractivity contribution in [1.82, 2.24) is 20.1 Å². The van der Waals surface area contributed by atoms with Crippen LogP contribution in [0.2, 0.25) is 0 Å². The first-order valence-electron chi connectivity index (χ1n) is 7.39. The van der Waals surface area contributed by atoms with Gasteiger partial charge in [-0.3, -0.25) is 9.67 Å². The zero-order valence-corrected chi connectivity index (χ0v) is 13.3. The molecule has 0 aliphatic carbocycles. The topological polar surface area (TPSA) is 52.0 Å². The quantitative estimate of drug-likeness (QED) is 0.795. The number of nitrogens with zero attached hydrogens (tertiary/aromatic N) is 3. The molecule has 0 bridgehead atoms. The highest BCUT2D eigenvalue weighted by Gasteiger charge is 2.08. The van der Waals surface area contributed by atoms with Crippen molar-refractivity contribution in [3.63, 3.8) is 0 Å². The second-order valence-corrected chi connectivity index (χ2v) is 5.26. The average molecular weight is 288 g/mol. The summed E-state index contributed by atoms with van der Waals surface area (Å²) in [5, 5.41) is 7.70. The Morgan fingerprint density at radius 1 is 1.24 bits per heavy atom. The van der Waals surface area contributed by atoms with E-state index in [9.17, 15) is 0 Å². The van der Waals surface area contributed by atoms with Gasteiger partial charge in [0.05, 0.1) is 17.1 Å². The van der Waals surface area contributed by atoms with Gasteiger partial charge < -0.3 is 10.1 Å². The van der Waals surface area contributed by atoms with Gasteiger partial charge in [0.25, 0.3) is 0 Å². The average Bonchev–Trinajstić information content (AvgIpc) is 2.76. The van der Waals surface area contributed by atoms with Crippen LogP contribution in [0.1, 0.15) is 36.1 Å². The number of ether oxygens (including phenoxy) is 1. The molecule has 0 amide bonds. The molecular formula is C16H24N4O. The number of hydrogen-bond donors (Lipinski definition) is 1. The molecule has 0 aliphatic heterocycles. The fourth-order valence-electron chi connectivity index (χ4n) is 2.19. The normalized spacial score (nSPS) is 10.9. The number of nitrogens with one attached hydrogen (secondary N) is 1. The van der Waals surface area contributed by atoms with Crippen molar-refractivity contribution < 1.29 is 4.74 Å². The molecule has 0 saturated heterocycles. The summed E-state index contributed by atoms with van der Waals surface area (Å²) in [7, 11) is 1.93. The van der Waals surface area contributed by atoms with Gasteiger partial charge in [-0.2, -0.15) is 5.10 Å². The van der Waals surface area contributed by atoms with Gasteiger partial charge in [-0.1, -0.05) is 6.92 Å². The van der Waals surface area contributed by atoms with Gasteiger partial charge in [-0.05, 0) is 45.0 Å². The molecule has 2 rings (SSSR count). The smallest absolute Gasteiger partial charge is 0.142 e. The van der Waals surface area contributed by atoms with E-state index < -0.39 is 0 Å². The predicted octanol–water partition coefficient (Wildman–Crippen LogP) is 2.51. The lowest BCUT2D eigenvalue weighted by Crippen LogP contribution is -2.16. The Bertz CT molecular complexity index is 592. The standard InChI is InChI=1S/C16H24N4O/c1-5-8-17-10-15-16(7-6-12(2)18-15)21-11-14-9-13(3)19-20(14)4/h6-7,9,17H,5,8,10-11H2,1-4H3. The van der Waals surface area contributed by atoms with E-state index in [1.165, 1.54) is 0 Å². The third-order valence-corrected chi connectivity index (χ3v) is 3.27. The number of aryl methyl sites for hydroxylation is 3. The molecule has 2 heterocycles. The third kappa shape index (κ3) is 4.29. The second-order valence-electron chi connectivity index (χ2n) is 5.26. The minimum atomic E-state index is 0.503. The highest BCUT2D eigenvalue weighted by Crippen LogP contribution is 2.18. The van der Waals surface area contributed by atoms with E-state index in [1.807, 2.05) is 43.8 Å². The van der Waals surface area contributed by atoms with E-state index in [4.69, 9.17) is 4.74 Å². The molecule has 1 N–H and O–H groups in total. The number of aromatic nitrogens is 3. The Morgan fingerprint density at radius 3 is 2.71 bits per heavy atom. The van der Waals surface area contributed by atoms with Gasteiger partial charge in [0, 0.05) is 19.3 Å². The van der Waals surface area contributed by atoms with Crippen molar-refractivity contribution in [1.29, 1.82) is 0 Å². The van der Waals surface area contributed by atoms with E-state index in [1.54, 1.807) is 0 Å². The maximum Gasteiger partial charge on any atom is 0.142 e. The summed E-state index contributed by atoms with van der Waals surface area (Å²) in [6.45, 7) is 8.35. The molecule has 5 heteroatoms. The minimum absolute atomic E-state index is 0.503. The number of rotatable bonds is 7. The molecule has 0 atom stereocenters. The number of pyridine rings is 1. The zero-order valence-electron chi connectivity index (χ0n) is 13.3. The highest BCUT2D eigenvalue weighted by molar-refractivity contribution is 5.29. The fourth-order valence-corrected chi connectivity index (χ4v) is 2.19. The molecule has 0 aromatic carbocycles. The maximum atomic E-state index is 5.94. The zero-order chi connectivity index (χ0) is 15.2. The van der Waals surface area contributed by atoms with E-state index in [0.717, 1.165) is 48.0 Å². The molecule has 21 heavy (non-hydrogen) atoms. The van der Waals surface area contributed by atoms with Gasteiger partial charge in [0.2, 0.25) is 0 Å². The van der Waals surface area contributed by atoms with Crippen LogP contribution in [0.5, 0.6) is 5.75 Å². The van der Waals surface area contributed by atoms with Crippen LogP contribution >= 0.6 is 0 Å². The summed E-state index contributed by atoms with van der Waals surface area (Å²) in [5.41, 5.74) is 4.03. The molecule has 2 aromatic rings. The lowest BCUT2D eigenvalue weighted by atomic mass is 10.2. The Kier molecular flexibility index (Phi) is 5.33. The summed E-state index contributed by atoms with van der Waals surface area (Å²) < 4.78 is 7.79. The molecule has 0 saturated carbocycles. The molecule has 0 fully saturated rings. The summed E-state index contributed by atoms with van der Waals surface area (Å²) in [6, 6.07) is 6.01. The summed E-state index contributed by atoms with van der Waals surface area (Å²) in [5.74, 6) is 0.836. The first-order valence-corrected chi connectivity index (χ1v) is 7.39. The molecule has 5 nitrogen and oxygen atoms in total. The van der Waals surface area contributed by atoms with Crippen LogP contribution in [0.15, 0.2) is 18.2 Å². The van der Waals surface area contributed by atoms with Crippen molar-refractivity contribution in [3.05, 3.63) is 41.0 Å². The predicted molar refractivity (Wildman–Crippen MR) is 83.2 cm³/mol. The fraction of sp³-hybridized carbons (Fsp3) is 0.500. The Labute approximate surface area is 126 Å². The maximum absolute atomic E-state index is 5.94. The van der Waals surface area contributed by atoms with E-state index in [2.05, 4.69) is 22.3 Å². The van der Waals surface area contributed by atoms with Gasteiger partial charge in [-0.25, -0.2) is 0 Å². The van der Waals surface area contributed by atoms with Crippen molar-refractivity contribution in [2.75, 3.05) is 6.54 Å². The third-order valence-electron chi connectivity index (χ3n) is 3.27. The largest absolute Gasteiger partial charge is 0.485 e. The first-order chi connectivity index (χ1) is 10.1. The Hall–Kier alpha value is -1.88. The van der Waals surface area contributed by atoms with E-state index >= 15 is 0 Å². The SMILES string of the molecule is CCCNCc1nc(C)ccc1OCc1cc(C)nn1C. The Balaban J connectivity index is 2.06. The lowest BCUT2D eigenvalue weighted by molar-refractivity contribution is 0.289. The second kappa shape index (κ2) is 7.22. The van der Waals surface area contributed by atoms with Crippen LogP contribution in [-0.4, -0.2) is 21.3 Å². The van der Waals surface area contributed by atoms with Crippen LogP contribution in [0, 0.1) is 13.8 Å². The molecule has 0 radical (unpaired) electrons. The molecular weight excluding hydrogens is 264 g/mol. The highest BCUT2D eigenvalue weighted by atomic mass is 16.5.